The molecule has 26 heavy (non-hydrogen) atoms. The topological polar surface area (TPSA) is 54.3 Å². The first-order valence-electron chi connectivity index (χ1n) is 9.05. The molecule has 0 bridgehead atoms. The molecule has 0 radical (unpaired) electrons. The predicted molar refractivity (Wildman–Crippen MR) is 103 cm³/mol. The van der Waals surface area contributed by atoms with Gasteiger partial charge in [0.05, 0.1) is 0 Å². The molecule has 2 amide bonds. The molecule has 1 N–H and O–H groups in total. The molecule has 0 aliphatic carbocycles. The maximum Gasteiger partial charge on any atom is 0.251 e. The number of piperidine rings is 1. The molecule has 1 aromatic carbocycles. The quantitative estimate of drug-likeness (QED) is 0.790. The van der Waals surface area contributed by atoms with E-state index in [1.165, 1.54) is 0 Å². The Morgan fingerprint density at radius 2 is 1.73 bits per heavy atom. The van der Waals surface area contributed by atoms with E-state index in [4.69, 9.17) is 11.6 Å². The summed E-state index contributed by atoms with van der Waals surface area (Å²) in [6, 6.07) is 11.6. The molecule has 0 spiro atoms. The summed E-state index contributed by atoms with van der Waals surface area (Å²) in [4.78, 5) is 26.3. The average molecular weight is 374 g/mol. The van der Waals surface area contributed by atoms with Gasteiger partial charge in [-0.2, -0.15) is 0 Å². The molecule has 0 unspecified atom stereocenters. The van der Waals surface area contributed by atoms with Gasteiger partial charge in [0.25, 0.3) is 5.91 Å². The van der Waals surface area contributed by atoms with E-state index in [0.717, 1.165) is 24.9 Å². The molecule has 2 aromatic rings. The Morgan fingerprint density at radius 1 is 1.08 bits per heavy atom. The lowest BCUT2D eigenvalue weighted by molar-refractivity contribution is -0.132. The number of likely N-dealkylation sites (tertiary alicyclic amines) is 1. The molecular weight excluding hydrogens is 350 g/mol. The van der Waals surface area contributed by atoms with Gasteiger partial charge in [-0.3, -0.25) is 9.59 Å². The number of nitrogens with zero attached hydrogens (tertiary/aromatic N) is 2. The zero-order chi connectivity index (χ0) is 18.4. The lowest BCUT2D eigenvalue weighted by atomic mass is 10.0. The maximum absolute atomic E-state index is 12.5. The van der Waals surface area contributed by atoms with Crippen molar-refractivity contribution in [2.24, 2.45) is 0 Å². The van der Waals surface area contributed by atoms with Crippen LogP contribution in [0.15, 0.2) is 48.8 Å². The fraction of sp³-hybridized carbons (Fsp3) is 0.400. The van der Waals surface area contributed by atoms with Crippen LogP contribution in [0.2, 0.25) is 0 Å². The zero-order valence-corrected chi connectivity index (χ0v) is 15.5. The summed E-state index contributed by atoms with van der Waals surface area (Å²) in [7, 11) is 0. The van der Waals surface area contributed by atoms with Crippen LogP contribution in [-0.2, 0) is 4.79 Å². The molecule has 0 saturated carbocycles. The molecule has 1 fully saturated rings. The van der Waals surface area contributed by atoms with Gasteiger partial charge in [-0.25, -0.2) is 0 Å². The number of halogens is 1. The van der Waals surface area contributed by atoms with Gasteiger partial charge in [0.15, 0.2) is 0 Å². The molecule has 6 heteroatoms. The van der Waals surface area contributed by atoms with Gasteiger partial charge in [-0.05, 0) is 55.7 Å². The van der Waals surface area contributed by atoms with E-state index in [0.29, 0.717) is 31.0 Å². The van der Waals surface area contributed by atoms with Crippen molar-refractivity contribution in [3.8, 4) is 5.69 Å². The molecule has 0 atom stereocenters. The lowest BCUT2D eigenvalue weighted by Gasteiger charge is -2.32. The molecule has 1 saturated heterocycles. The van der Waals surface area contributed by atoms with E-state index in [1.54, 1.807) is 0 Å². The molecule has 138 valence electrons. The summed E-state index contributed by atoms with van der Waals surface area (Å²) in [6.07, 6.45) is 6.75. The van der Waals surface area contributed by atoms with E-state index < -0.39 is 0 Å². The van der Waals surface area contributed by atoms with Crippen molar-refractivity contribution in [2.45, 2.75) is 31.7 Å². The first kappa shape index (κ1) is 18.5. The number of alkyl halides is 1. The van der Waals surface area contributed by atoms with Crippen LogP contribution in [0.5, 0.6) is 0 Å². The van der Waals surface area contributed by atoms with E-state index >= 15 is 0 Å². The minimum Gasteiger partial charge on any atom is -0.349 e. The largest absolute Gasteiger partial charge is 0.349 e. The van der Waals surface area contributed by atoms with Crippen molar-refractivity contribution in [1.29, 1.82) is 0 Å². The number of benzene rings is 1. The SMILES string of the molecule is O=C(NC1CCN(C(=O)CCCCl)CC1)c1ccc(-n2cccc2)cc1. The molecule has 5 nitrogen and oxygen atoms in total. The normalized spacial score (nSPS) is 15.0. The molecule has 1 aliphatic heterocycles. The van der Waals surface area contributed by atoms with Gasteiger partial charge in [0.2, 0.25) is 5.91 Å². The van der Waals surface area contributed by atoms with Crippen LogP contribution in [-0.4, -0.2) is 46.3 Å². The lowest BCUT2D eigenvalue weighted by Crippen LogP contribution is -2.46. The standard InChI is InChI=1S/C20H24ClN3O2/c21-11-3-4-19(25)24-14-9-17(10-15-24)22-20(26)16-5-7-18(8-6-16)23-12-1-2-13-23/h1-2,5-8,12-13,17H,3-4,9-11,14-15H2,(H,22,26). The number of rotatable bonds is 6. The summed E-state index contributed by atoms with van der Waals surface area (Å²) in [5.74, 6) is 0.619. The monoisotopic (exact) mass is 373 g/mol. The highest BCUT2D eigenvalue weighted by molar-refractivity contribution is 6.17. The van der Waals surface area contributed by atoms with Crippen LogP contribution in [0.1, 0.15) is 36.0 Å². The molecule has 3 rings (SSSR count). The van der Waals surface area contributed by atoms with Gasteiger partial charge in [0.1, 0.15) is 0 Å². The van der Waals surface area contributed by atoms with Crippen molar-refractivity contribution < 1.29 is 9.59 Å². The Bertz CT molecular complexity index is 720. The van der Waals surface area contributed by atoms with Crippen molar-refractivity contribution in [3.63, 3.8) is 0 Å². The van der Waals surface area contributed by atoms with Crippen molar-refractivity contribution in [1.82, 2.24) is 14.8 Å². The Hall–Kier alpha value is -2.27. The van der Waals surface area contributed by atoms with Gasteiger partial charge in [-0.1, -0.05) is 0 Å². The second-order valence-electron chi connectivity index (χ2n) is 6.56. The second kappa shape index (κ2) is 8.90. The zero-order valence-electron chi connectivity index (χ0n) is 14.7. The van der Waals surface area contributed by atoms with E-state index in [9.17, 15) is 9.59 Å². The number of nitrogens with one attached hydrogen (secondary N) is 1. The summed E-state index contributed by atoms with van der Waals surface area (Å²) in [6.45, 7) is 1.39. The Balaban J connectivity index is 1.49. The number of amides is 2. The van der Waals surface area contributed by atoms with Crippen LogP contribution in [0, 0.1) is 0 Å². The maximum atomic E-state index is 12.5. The van der Waals surface area contributed by atoms with E-state index in [-0.39, 0.29) is 17.9 Å². The molecule has 1 aliphatic rings. The first-order valence-corrected chi connectivity index (χ1v) is 9.59. The number of aromatic nitrogens is 1. The fourth-order valence-electron chi connectivity index (χ4n) is 3.21. The summed E-state index contributed by atoms with van der Waals surface area (Å²) in [5, 5.41) is 3.09. The predicted octanol–water partition coefficient (Wildman–Crippen LogP) is 3.22. The molecular formula is C20H24ClN3O2. The van der Waals surface area contributed by atoms with Crippen LogP contribution < -0.4 is 5.32 Å². The minimum atomic E-state index is -0.0593. The van der Waals surface area contributed by atoms with Crippen LogP contribution >= 0.6 is 11.6 Å². The summed E-state index contributed by atoms with van der Waals surface area (Å²) < 4.78 is 2.00. The van der Waals surface area contributed by atoms with Gasteiger partial charge in [0, 0.05) is 55.1 Å². The first-order chi connectivity index (χ1) is 12.7. The number of carbonyl (C=O) groups is 2. The number of carbonyl (C=O) groups excluding carboxylic acids is 2. The van der Waals surface area contributed by atoms with Crippen LogP contribution in [0.4, 0.5) is 0 Å². The third-order valence-electron chi connectivity index (χ3n) is 4.74. The highest BCUT2D eigenvalue weighted by Crippen LogP contribution is 2.14. The smallest absolute Gasteiger partial charge is 0.251 e. The Morgan fingerprint density at radius 3 is 2.35 bits per heavy atom. The van der Waals surface area contributed by atoms with Crippen LogP contribution in [0.3, 0.4) is 0 Å². The Labute approximate surface area is 158 Å². The third-order valence-corrected chi connectivity index (χ3v) is 5.01. The fourth-order valence-corrected chi connectivity index (χ4v) is 3.34. The average Bonchev–Trinajstić information content (AvgIpc) is 3.21. The third kappa shape index (κ3) is 4.67. The highest BCUT2D eigenvalue weighted by atomic mass is 35.5. The molecule has 2 heterocycles. The van der Waals surface area contributed by atoms with Gasteiger partial charge in [-0.15, -0.1) is 11.6 Å². The number of hydrogen-bond donors (Lipinski definition) is 1. The highest BCUT2D eigenvalue weighted by Gasteiger charge is 2.23. The van der Waals surface area contributed by atoms with Crippen LogP contribution in [0.25, 0.3) is 5.69 Å². The Kier molecular flexibility index (Phi) is 6.34. The minimum absolute atomic E-state index is 0.0593. The van der Waals surface area contributed by atoms with Crippen molar-refractivity contribution in [2.75, 3.05) is 19.0 Å². The summed E-state index contributed by atoms with van der Waals surface area (Å²) in [5.41, 5.74) is 1.68. The number of hydrogen-bond acceptors (Lipinski definition) is 2. The molecule has 1 aromatic heterocycles. The van der Waals surface area contributed by atoms with Gasteiger partial charge >= 0.3 is 0 Å². The second-order valence-corrected chi connectivity index (χ2v) is 6.94. The van der Waals surface area contributed by atoms with Crippen molar-refractivity contribution in [3.05, 3.63) is 54.4 Å². The van der Waals surface area contributed by atoms with E-state index in [2.05, 4.69) is 5.32 Å². The van der Waals surface area contributed by atoms with E-state index in [1.807, 2.05) is 58.3 Å². The van der Waals surface area contributed by atoms with Gasteiger partial charge < -0.3 is 14.8 Å². The summed E-state index contributed by atoms with van der Waals surface area (Å²) >= 11 is 5.64. The van der Waals surface area contributed by atoms with Crippen molar-refractivity contribution >= 4 is 23.4 Å².